The van der Waals surface area contributed by atoms with Gasteiger partial charge in [-0.2, -0.15) is 8.78 Å². The van der Waals surface area contributed by atoms with Gasteiger partial charge in [0, 0.05) is 38.2 Å². The topological polar surface area (TPSA) is 101 Å². The summed E-state index contributed by atoms with van der Waals surface area (Å²) in [6, 6.07) is 2.82. The quantitative estimate of drug-likeness (QED) is 0.551. The first-order chi connectivity index (χ1) is 12.7. The van der Waals surface area contributed by atoms with Crippen molar-refractivity contribution in [1.29, 1.82) is 0 Å². The fraction of sp³-hybridized carbons (Fsp3) is 0.562. The average Bonchev–Trinajstić information content (AvgIpc) is 3.47. The van der Waals surface area contributed by atoms with Crippen molar-refractivity contribution in [1.82, 2.24) is 4.90 Å². The maximum atomic E-state index is 12.7. The van der Waals surface area contributed by atoms with Crippen LogP contribution in [-0.2, 0) is 14.6 Å². The highest BCUT2D eigenvalue weighted by Gasteiger charge is 2.35. The Bertz CT molecular complexity index is 858. The Balaban J connectivity index is 1.85. The Morgan fingerprint density at radius 3 is 2.48 bits per heavy atom. The van der Waals surface area contributed by atoms with Crippen LogP contribution in [0.2, 0.25) is 0 Å². The van der Waals surface area contributed by atoms with E-state index in [0.717, 1.165) is 18.9 Å². The molecule has 2 aliphatic rings. The summed E-state index contributed by atoms with van der Waals surface area (Å²) in [5, 5.41) is 11.4. The lowest BCUT2D eigenvalue weighted by Crippen LogP contribution is -2.36. The first-order valence-corrected chi connectivity index (χ1v) is 10.1. The van der Waals surface area contributed by atoms with Crippen LogP contribution in [0.5, 0.6) is 0 Å². The number of carbonyl (C=O) groups is 1. The second-order valence-electron chi connectivity index (χ2n) is 6.65. The fourth-order valence-electron chi connectivity index (χ4n) is 3.16. The number of carbonyl (C=O) groups excluding carboxylic acids is 1. The summed E-state index contributed by atoms with van der Waals surface area (Å²) < 4.78 is 48.7. The first-order valence-electron chi connectivity index (χ1n) is 8.56. The van der Waals surface area contributed by atoms with Crippen molar-refractivity contribution in [2.45, 2.75) is 29.9 Å². The van der Waals surface area contributed by atoms with Crippen LogP contribution in [0.4, 0.5) is 20.2 Å². The summed E-state index contributed by atoms with van der Waals surface area (Å²) >= 11 is 0. The number of hydrogen-bond donors (Lipinski definition) is 0. The number of nitrogens with zero attached hydrogens (tertiary/aromatic N) is 3. The largest absolute Gasteiger partial charge is 0.364 e. The van der Waals surface area contributed by atoms with Crippen molar-refractivity contribution >= 4 is 27.1 Å². The van der Waals surface area contributed by atoms with E-state index >= 15 is 0 Å². The molecule has 0 unspecified atom stereocenters. The Morgan fingerprint density at radius 2 is 1.89 bits per heavy atom. The van der Waals surface area contributed by atoms with Crippen LogP contribution < -0.4 is 4.90 Å². The van der Waals surface area contributed by atoms with E-state index in [-0.39, 0.29) is 17.5 Å². The molecule has 1 heterocycles. The third-order valence-corrected chi connectivity index (χ3v) is 6.16. The molecule has 0 spiro atoms. The molecule has 1 aromatic rings. The Hall–Kier alpha value is -2.30. The van der Waals surface area contributed by atoms with Gasteiger partial charge in [0.1, 0.15) is 5.69 Å². The molecule has 0 atom stereocenters. The zero-order valence-electron chi connectivity index (χ0n) is 14.4. The molecule has 0 radical (unpaired) electrons. The molecule has 1 aliphatic heterocycles. The zero-order valence-corrected chi connectivity index (χ0v) is 15.2. The molecular formula is C16H19F2N3O5S. The highest BCUT2D eigenvalue weighted by Crippen LogP contribution is 2.34. The molecule has 3 rings (SSSR count). The van der Waals surface area contributed by atoms with Crippen molar-refractivity contribution in [2.24, 2.45) is 5.92 Å². The van der Waals surface area contributed by atoms with E-state index in [1.165, 1.54) is 6.07 Å². The average molecular weight is 403 g/mol. The summed E-state index contributed by atoms with van der Waals surface area (Å²) in [5.74, 6) is -3.46. The van der Waals surface area contributed by atoms with Crippen LogP contribution in [0, 0.1) is 16.0 Å². The number of anilines is 1. The molecule has 1 aliphatic carbocycles. The lowest BCUT2D eigenvalue weighted by atomic mass is 10.2. The van der Waals surface area contributed by atoms with Gasteiger partial charge in [0.15, 0.2) is 0 Å². The number of nitro groups is 1. The molecule has 1 aromatic carbocycles. The van der Waals surface area contributed by atoms with Gasteiger partial charge in [-0.1, -0.05) is 0 Å². The molecule has 0 bridgehead atoms. The summed E-state index contributed by atoms with van der Waals surface area (Å²) in [7, 11) is -4.92. The number of hydrogen-bond acceptors (Lipinski definition) is 6. The fourth-order valence-corrected chi connectivity index (χ4v) is 3.90. The number of halogens is 2. The van der Waals surface area contributed by atoms with Gasteiger partial charge < -0.3 is 9.80 Å². The Kier molecular flexibility index (Phi) is 5.31. The molecular weight excluding hydrogens is 384 g/mol. The van der Waals surface area contributed by atoms with E-state index in [2.05, 4.69) is 0 Å². The zero-order chi connectivity index (χ0) is 19.8. The number of alkyl halides is 2. The predicted octanol–water partition coefficient (Wildman–Crippen LogP) is 2.04. The van der Waals surface area contributed by atoms with Crippen molar-refractivity contribution in [3.63, 3.8) is 0 Å². The van der Waals surface area contributed by atoms with E-state index < -0.39 is 31.1 Å². The van der Waals surface area contributed by atoms with Crippen LogP contribution in [0.3, 0.4) is 0 Å². The molecule has 2 fully saturated rings. The van der Waals surface area contributed by atoms with Crippen molar-refractivity contribution < 1.29 is 26.9 Å². The van der Waals surface area contributed by atoms with E-state index in [1.807, 2.05) is 0 Å². The summed E-state index contributed by atoms with van der Waals surface area (Å²) in [6.45, 7) is 1.75. The first kappa shape index (κ1) is 19.5. The summed E-state index contributed by atoms with van der Waals surface area (Å²) in [5.41, 5.74) is -0.382. The minimum Gasteiger partial charge on any atom is -0.364 e. The lowest BCUT2D eigenvalue weighted by molar-refractivity contribution is -0.384. The predicted molar refractivity (Wildman–Crippen MR) is 92.4 cm³/mol. The van der Waals surface area contributed by atoms with Gasteiger partial charge in [-0.15, -0.1) is 0 Å². The van der Waals surface area contributed by atoms with Gasteiger partial charge in [-0.25, -0.2) is 8.42 Å². The van der Waals surface area contributed by atoms with Gasteiger partial charge in [0.05, 0.1) is 9.82 Å². The maximum Gasteiger partial charge on any atom is 0.341 e. The van der Waals surface area contributed by atoms with Crippen LogP contribution in [0.25, 0.3) is 0 Å². The second-order valence-corrected chi connectivity index (χ2v) is 8.57. The number of benzene rings is 1. The molecule has 27 heavy (non-hydrogen) atoms. The third kappa shape index (κ3) is 4.02. The molecule has 148 valence electrons. The minimum absolute atomic E-state index is 0.0877. The van der Waals surface area contributed by atoms with Gasteiger partial charge in [-0.3, -0.25) is 14.9 Å². The third-order valence-electron chi connectivity index (χ3n) is 4.78. The molecule has 1 saturated carbocycles. The molecule has 0 N–H and O–H groups in total. The van der Waals surface area contributed by atoms with E-state index in [1.54, 1.807) is 9.80 Å². The van der Waals surface area contributed by atoms with Crippen molar-refractivity contribution in [3.8, 4) is 0 Å². The monoisotopic (exact) mass is 403 g/mol. The number of amides is 1. The molecule has 1 saturated heterocycles. The highest BCUT2D eigenvalue weighted by atomic mass is 32.2. The van der Waals surface area contributed by atoms with Gasteiger partial charge >= 0.3 is 5.76 Å². The number of rotatable bonds is 5. The van der Waals surface area contributed by atoms with E-state index in [0.29, 0.717) is 38.7 Å². The van der Waals surface area contributed by atoms with Crippen molar-refractivity contribution in [2.75, 3.05) is 31.1 Å². The van der Waals surface area contributed by atoms with Gasteiger partial charge in [-0.05, 0) is 31.4 Å². The summed E-state index contributed by atoms with van der Waals surface area (Å²) in [6.07, 6.45) is 2.39. The van der Waals surface area contributed by atoms with Crippen LogP contribution in [0.1, 0.15) is 19.3 Å². The molecule has 11 heteroatoms. The minimum atomic E-state index is -4.92. The van der Waals surface area contributed by atoms with E-state index in [4.69, 9.17) is 0 Å². The van der Waals surface area contributed by atoms with Crippen molar-refractivity contribution in [3.05, 3.63) is 28.3 Å². The van der Waals surface area contributed by atoms with Crippen LogP contribution in [-0.4, -0.2) is 56.1 Å². The van der Waals surface area contributed by atoms with Crippen LogP contribution >= 0.6 is 0 Å². The van der Waals surface area contributed by atoms with Gasteiger partial charge in [0.2, 0.25) is 15.7 Å². The normalized spacial score (nSPS) is 18.5. The molecule has 8 nitrogen and oxygen atoms in total. The molecule has 0 aromatic heterocycles. The van der Waals surface area contributed by atoms with Gasteiger partial charge in [0.25, 0.3) is 5.69 Å². The SMILES string of the molecule is O=C(C1CC1)N1CCCN(c2ccc(S(=O)(=O)C(F)F)cc2[N+](=O)[O-])CC1. The standard InChI is InChI=1S/C16H19F2N3O5S/c17-16(18)27(25,26)12-4-5-13(14(10-12)21(23)24)19-6-1-7-20(9-8-19)15(22)11-2-3-11/h4-5,10-11,16H,1-3,6-9H2. The smallest absolute Gasteiger partial charge is 0.341 e. The summed E-state index contributed by atoms with van der Waals surface area (Å²) in [4.78, 5) is 25.5. The number of nitro benzene ring substituents is 1. The van der Waals surface area contributed by atoms with E-state index in [9.17, 15) is 32.1 Å². The second kappa shape index (κ2) is 7.37. The Labute approximate surface area is 154 Å². The number of sulfone groups is 1. The lowest BCUT2D eigenvalue weighted by Gasteiger charge is -2.23. The highest BCUT2D eigenvalue weighted by molar-refractivity contribution is 7.91. The van der Waals surface area contributed by atoms with Crippen LogP contribution in [0.15, 0.2) is 23.1 Å². The Morgan fingerprint density at radius 1 is 1.19 bits per heavy atom. The maximum absolute atomic E-state index is 12.7. The molecule has 1 amide bonds.